The van der Waals surface area contributed by atoms with Crippen LogP contribution < -0.4 is 10.6 Å². The highest BCUT2D eigenvalue weighted by Crippen LogP contribution is 2.21. The minimum absolute atomic E-state index is 0.0401. The van der Waals surface area contributed by atoms with E-state index in [4.69, 9.17) is 0 Å². The first-order valence-electron chi connectivity index (χ1n) is 7.35. The predicted molar refractivity (Wildman–Crippen MR) is 94.3 cm³/mol. The van der Waals surface area contributed by atoms with Crippen molar-refractivity contribution in [2.45, 2.75) is 11.8 Å². The number of hydrogen-bond acceptors (Lipinski definition) is 6. The number of nitro groups is 1. The highest BCUT2D eigenvalue weighted by molar-refractivity contribution is 8.00. The zero-order chi connectivity index (χ0) is 17.4. The van der Waals surface area contributed by atoms with Crippen molar-refractivity contribution in [1.29, 1.82) is 0 Å². The molecule has 0 atom stereocenters. The molecule has 1 aromatic carbocycles. The van der Waals surface area contributed by atoms with Crippen molar-refractivity contribution in [3.63, 3.8) is 0 Å². The quantitative estimate of drug-likeness (QED) is 0.330. The maximum absolute atomic E-state index is 11.8. The van der Waals surface area contributed by atoms with E-state index in [1.807, 2.05) is 31.2 Å². The number of nitrogens with one attached hydrogen (secondary N) is 2. The van der Waals surface area contributed by atoms with E-state index in [1.165, 1.54) is 30.1 Å². The number of carbonyl (C=O) groups excluding carboxylic acids is 1. The van der Waals surface area contributed by atoms with Gasteiger partial charge in [0.25, 0.3) is 5.69 Å². The molecule has 1 heterocycles. The minimum Gasteiger partial charge on any atom is -0.368 e. The Balaban J connectivity index is 1.65. The molecule has 2 rings (SSSR count). The summed E-state index contributed by atoms with van der Waals surface area (Å²) in [5.41, 5.74) is 1.10. The van der Waals surface area contributed by atoms with E-state index in [0.29, 0.717) is 24.7 Å². The first-order valence-corrected chi connectivity index (χ1v) is 8.34. The summed E-state index contributed by atoms with van der Waals surface area (Å²) >= 11 is 1.51. The van der Waals surface area contributed by atoms with Crippen molar-refractivity contribution in [3.8, 4) is 0 Å². The Kier molecular flexibility index (Phi) is 6.56. The molecule has 2 aromatic rings. The van der Waals surface area contributed by atoms with Crippen LogP contribution in [0, 0.1) is 17.0 Å². The van der Waals surface area contributed by atoms with Gasteiger partial charge in [0.2, 0.25) is 5.91 Å². The van der Waals surface area contributed by atoms with Crippen molar-refractivity contribution in [1.82, 2.24) is 10.3 Å². The van der Waals surface area contributed by atoms with Crippen molar-refractivity contribution >= 4 is 29.2 Å². The van der Waals surface area contributed by atoms with Crippen LogP contribution in [0.4, 0.5) is 11.5 Å². The predicted octanol–water partition coefficient (Wildman–Crippen LogP) is 2.62. The molecule has 24 heavy (non-hydrogen) atoms. The van der Waals surface area contributed by atoms with Crippen molar-refractivity contribution in [2.24, 2.45) is 0 Å². The van der Waals surface area contributed by atoms with Gasteiger partial charge in [-0.3, -0.25) is 14.9 Å². The summed E-state index contributed by atoms with van der Waals surface area (Å²) in [7, 11) is 0. The van der Waals surface area contributed by atoms with Crippen LogP contribution in [0.3, 0.4) is 0 Å². The smallest absolute Gasteiger partial charge is 0.287 e. The van der Waals surface area contributed by atoms with Gasteiger partial charge in [-0.15, -0.1) is 11.8 Å². The normalized spacial score (nSPS) is 10.2. The lowest BCUT2D eigenvalue weighted by molar-refractivity contribution is -0.385. The van der Waals surface area contributed by atoms with Gasteiger partial charge < -0.3 is 10.6 Å². The fourth-order valence-electron chi connectivity index (χ4n) is 1.90. The van der Waals surface area contributed by atoms with Crippen LogP contribution in [0.2, 0.25) is 0 Å². The largest absolute Gasteiger partial charge is 0.368 e. The summed E-state index contributed by atoms with van der Waals surface area (Å²) in [4.78, 5) is 26.9. The summed E-state index contributed by atoms with van der Waals surface area (Å²) in [5.74, 6) is 0.853. The Hall–Kier alpha value is -2.61. The molecule has 0 fully saturated rings. The van der Waals surface area contributed by atoms with Gasteiger partial charge in [-0.05, 0) is 24.6 Å². The van der Waals surface area contributed by atoms with Gasteiger partial charge in [0.15, 0.2) is 0 Å². The molecule has 7 nitrogen and oxygen atoms in total. The Morgan fingerprint density at radius 2 is 2.04 bits per heavy atom. The first kappa shape index (κ1) is 17.7. The number of pyridine rings is 1. The van der Waals surface area contributed by atoms with Crippen LogP contribution in [0.1, 0.15) is 5.56 Å². The van der Waals surface area contributed by atoms with Gasteiger partial charge in [-0.2, -0.15) is 0 Å². The van der Waals surface area contributed by atoms with Crippen LogP contribution in [-0.2, 0) is 4.79 Å². The molecule has 0 unspecified atom stereocenters. The highest BCUT2D eigenvalue weighted by Gasteiger charge is 2.06. The number of thioether (sulfide) groups is 1. The van der Waals surface area contributed by atoms with Crippen molar-refractivity contribution < 1.29 is 9.72 Å². The number of aryl methyl sites for hydroxylation is 1. The number of nitrogens with zero attached hydrogens (tertiary/aromatic N) is 2. The number of carbonyl (C=O) groups is 1. The fourth-order valence-corrected chi connectivity index (χ4v) is 2.76. The monoisotopic (exact) mass is 346 g/mol. The molecule has 2 N–H and O–H groups in total. The molecular weight excluding hydrogens is 328 g/mol. The van der Waals surface area contributed by atoms with E-state index in [9.17, 15) is 14.9 Å². The zero-order valence-corrected chi connectivity index (χ0v) is 14.0. The van der Waals surface area contributed by atoms with Gasteiger partial charge in [-0.1, -0.05) is 18.2 Å². The van der Waals surface area contributed by atoms with Crippen molar-refractivity contribution in [3.05, 3.63) is 58.3 Å². The topological polar surface area (TPSA) is 97.2 Å². The minimum atomic E-state index is -0.497. The second-order valence-corrected chi connectivity index (χ2v) is 6.01. The maximum Gasteiger partial charge on any atom is 0.287 e. The molecule has 1 amide bonds. The van der Waals surface area contributed by atoms with Crippen LogP contribution in [0.15, 0.2) is 47.5 Å². The standard InChI is InChI=1S/C16H18N4O3S/c1-12-4-2-3-5-14(12)24-11-16(21)18-9-8-17-15-7-6-13(10-19-15)20(22)23/h2-7,10H,8-9,11H2,1H3,(H,17,19)(H,18,21). The Morgan fingerprint density at radius 3 is 2.71 bits per heavy atom. The van der Waals surface area contributed by atoms with E-state index in [0.717, 1.165) is 10.5 Å². The lowest BCUT2D eigenvalue weighted by Gasteiger charge is -2.08. The lowest BCUT2D eigenvalue weighted by Crippen LogP contribution is -2.30. The Morgan fingerprint density at radius 1 is 1.25 bits per heavy atom. The third kappa shape index (κ3) is 5.54. The molecule has 0 spiro atoms. The van der Waals surface area contributed by atoms with Crippen LogP contribution in [0.25, 0.3) is 0 Å². The molecular formula is C16H18N4O3S. The zero-order valence-electron chi connectivity index (χ0n) is 13.2. The van der Waals surface area contributed by atoms with Crippen molar-refractivity contribution in [2.75, 3.05) is 24.2 Å². The molecule has 0 saturated carbocycles. The second-order valence-electron chi connectivity index (χ2n) is 4.99. The summed E-state index contributed by atoms with van der Waals surface area (Å²) in [5, 5.41) is 16.3. The van der Waals surface area contributed by atoms with Gasteiger partial charge in [0.1, 0.15) is 12.0 Å². The van der Waals surface area contributed by atoms with E-state index in [2.05, 4.69) is 15.6 Å². The highest BCUT2D eigenvalue weighted by atomic mass is 32.2. The first-order chi connectivity index (χ1) is 11.6. The fraction of sp³-hybridized carbons (Fsp3) is 0.250. The van der Waals surface area contributed by atoms with E-state index in [1.54, 1.807) is 0 Å². The number of rotatable bonds is 8. The number of amides is 1. The molecule has 0 saturated heterocycles. The number of hydrogen-bond donors (Lipinski definition) is 2. The van der Waals surface area contributed by atoms with Crippen LogP contribution >= 0.6 is 11.8 Å². The Labute approximate surface area is 144 Å². The molecule has 0 aliphatic rings. The number of anilines is 1. The molecule has 1 aromatic heterocycles. The van der Waals surface area contributed by atoms with Gasteiger partial charge in [0.05, 0.1) is 10.7 Å². The number of aromatic nitrogens is 1. The molecule has 8 heteroatoms. The van der Waals surface area contributed by atoms with Crippen LogP contribution in [-0.4, -0.2) is 34.7 Å². The van der Waals surface area contributed by atoms with Crippen LogP contribution in [0.5, 0.6) is 0 Å². The van der Waals surface area contributed by atoms with E-state index >= 15 is 0 Å². The van der Waals surface area contributed by atoms with E-state index in [-0.39, 0.29) is 11.6 Å². The summed E-state index contributed by atoms with van der Waals surface area (Å²) in [6.07, 6.45) is 1.19. The molecule has 0 radical (unpaired) electrons. The molecule has 0 aliphatic heterocycles. The summed E-state index contributed by atoms with van der Waals surface area (Å²) < 4.78 is 0. The lowest BCUT2D eigenvalue weighted by atomic mass is 10.2. The molecule has 126 valence electrons. The second kappa shape index (κ2) is 8.88. The van der Waals surface area contributed by atoms with Gasteiger partial charge in [-0.25, -0.2) is 4.98 Å². The SMILES string of the molecule is Cc1ccccc1SCC(=O)NCCNc1ccc([N+](=O)[O-])cn1. The average Bonchev–Trinajstić information content (AvgIpc) is 2.58. The third-order valence-corrected chi connectivity index (χ3v) is 4.34. The van der Waals surface area contributed by atoms with E-state index < -0.39 is 4.92 Å². The van der Waals surface area contributed by atoms with Gasteiger partial charge >= 0.3 is 0 Å². The Bertz CT molecular complexity index is 707. The average molecular weight is 346 g/mol. The summed E-state index contributed by atoms with van der Waals surface area (Å²) in [6.45, 7) is 2.96. The molecule has 0 bridgehead atoms. The van der Waals surface area contributed by atoms with Gasteiger partial charge in [0, 0.05) is 24.1 Å². The maximum atomic E-state index is 11.8. The third-order valence-electron chi connectivity index (χ3n) is 3.16. The molecule has 0 aliphatic carbocycles. The summed E-state index contributed by atoms with van der Waals surface area (Å²) in [6, 6.07) is 10.9. The number of benzene rings is 1.